The lowest BCUT2D eigenvalue weighted by Gasteiger charge is -2.11. The molecular weight excluding hydrogens is 294 g/mol. The zero-order valence-corrected chi connectivity index (χ0v) is 12.5. The normalized spacial score (nSPS) is 10.5. The van der Waals surface area contributed by atoms with Crippen molar-refractivity contribution in [1.82, 2.24) is 19.7 Å². The fourth-order valence-corrected chi connectivity index (χ4v) is 2.12. The minimum atomic E-state index is -0.589. The smallest absolute Gasteiger partial charge is 0.267 e. The molecule has 2 N–H and O–H groups in total. The molecule has 3 aromatic heterocycles. The van der Waals surface area contributed by atoms with E-state index in [4.69, 9.17) is 10.5 Å². The first-order valence-corrected chi connectivity index (χ1v) is 6.94. The van der Waals surface area contributed by atoms with Crippen LogP contribution in [-0.4, -0.2) is 25.7 Å². The Morgan fingerprint density at radius 2 is 2.22 bits per heavy atom. The van der Waals surface area contributed by atoms with Crippen molar-refractivity contribution in [2.45, 2.75) is 6.61 Å². The Balaban J connectivity index is 1.93. The number of aryl methyl sites for hydroxylation is 1. The number of hydrogen-bond donors (Lipinski definition) is 1. The fraction of sp³-hybridized carbons (Fsp3) is 0.125. The van der Waals surface area contributed by atoms with Gasteiger partial charge in [-0.1, -0.05) is 6.07 Å². The highest BCUT2D eigenvalue weighted by Gasteiger charge is 2.13. The second-order valence-electron chi connectivity index (χ2n) is 4.98. The number of nitrogens with zero attached hydrogens (tertiary/aromatic N) is 4. The molecule has 0 fully saturated rings. The van der Waals surface area contributed by atoms with Crippen LogP contribution in [0.1, 0.15) is 16.1 Å². The number of amides is 1. The summed E-state index contributed by atoms with van der Waals surface area (Å²) in [5.41, 5.74) is 7.95. The summed E-state index contributed by atoms with van der Waals surface area (Å²) in [6.07, 6.45) is 8.45. The van der Waals surface area contributed by atoms with E-state index in [1.54, 1.807) is 29.3 Å². The van der Waals surface area contributed by atoms with E-state index in [2.05, 4.69) is 15.1 Å². The zero-order chi connectivity index (χ0) is 16.2. The van der Waals surface area contributed by atoms with E-state index in [1.165, 1.54) is 6.20 Å². The van der Waals surface area contributed by atoms with E-state index in [0.29, 0.717) is 17.9 Å². The first-order chi connectivity index (χ1) is 11.1. The fourth-order valence-electron chi connectivity index (χ4n) is 2.12. The third-order valence-corrected chi connectivity index (χ3v) is 3.25. The minimum Gasteiger partial charge on any atom is -0.487 e. The maximum Gasteiger partial charge on any atom is 0.267 e. The summed E-state index contributed by atoms with van der Waals surface area (Å²) in [7, 11) is 1.82. The Morgan fingerprint density at radius 1 is 1.35 bits per heavy atom. The molecule has 3 heterocycles. The lowest BCUT2D eigenvalue weighted by Crippen LogP contribution is -2.13. The van der Waals surface area contributed by atoms with Crippen LogP contribution in [-0.2, 0) is 13.7 Å². The molecule has 0 bridgehead atoms. The topological polar surface area (TPSA) is 95.9 Å². The number of nitrogens with two attached hydrogens (primary N) is 1. The largest absolute Gasteiger partial charge is 0.487 e. The van der Waals surface area contributed by atoms with E-state index >= 15 is 0 Å². The Bertz CT molecular complexity index is 829. The van der Waals surface area contributed by atoms with E-state index < -0.39 is 5.91 Å². The average molecular weight is 309 g/mol. The van der Waals surface area contributed by atoms with Gasteiger partial charge in [-0.15, -0.1) is 0 Å². The van der Waals surface area contributed by atoms with Crippen LogP contribution in [0, 0.1) is 0 Å². The Morgan fingerprint density at radius 3 is 2.87 bits per heavy atom. The molecule has 0 saturated heterocycles. The number of ether oxygens (including phenoxy) is 1. The summed E-state index contributed by atoms with van der Waals surface area (Å²) in [5.74, 6) is -0.0409. The van der Waals surface area contributed by atoms with Crippen molar-refractivity contribution in [3.8, 4) is 16.9 Å². The molecule has 0 saturated carbocycles. The molecule has 0 atom stereocenters. The van der Waals surface area contributed by atoms with Gasteiger partial charge >= 0.3 is 0 Å². The second-order valence-corrected chi connectivity index (χ2v) is 4.98. The van der Waals surface area contributed by atoms with Gasteiger partial charge in [0.05, 0.1) is 12.4 Å². The van der Waals surface area contributed by atoms with E-state index in [9.17, 15) is 4.79 Å². The number of pyridine rings is 2. The molecule has 0 aliphatic carbocycles. The molecule has 23 heavy (non-hydrogen) atoms. The second kappa shape index (κ2) is 6.27. The summed E-state index contributed by atoms with van der Waals surface area (Å²) in [5, 5.41) is 4.14. The van der Waals surface area contributed by atoms with Gasteiger partial charge in [0.2, 0.25) is 0 Å². The van der Waals surface area contributed by atoms with Gasteiger partial charge in [0, 0.05) is 42.3 Å². The van der Waals surface area contributed by atoms with E-state index in [1.807, 2.05) is 25.4 Å². The highest BCUT2D eigenvalue weighted by molar-refractivity contribution is 5.92. The first kappa shape index (κ1) is 14.7. The van der Waals surface area contributed by atoms with E-state index in [0.717, 1.165) is 11.1 Å². The Labute approximate surface area is 132 Å². The lowest BCUT2D eigenvalue weighted by atomic mass is 10.1. The maximum atomic E-state index is 11.4. The Kier molecular flexibility index (Phi) is 4.01. The third-order valence-electron chi connectivity index (χ3n) is 3.25. The predicted octanol–water partition coefficient (Wildman–Crippen LogP) is 1.55. The molecule has 7 nitrogen and oxygen atoms in total. The summed E-state index contributed by atoms with van der Waals surface area (Å²) >= 11 is 0. The molecule has 0 unspecified atom stereocenters. The van der Waals surface area contributed by atoms with E-state index in [-0.39, 0.29) is 5.69 Å². The third kappa shape index (κ3) is 3.34. The van der Waals surface area contributed by atoms with Gasteiger partial charge in [-0.2, -0.15) is 5.10 Å². The van der Waals surface area contributed by atoms with Crippen molar-refractivity contribution < 1.29 is 9.53 Å². The number of aromatic nitrogens is 4. The lowest BCUT2D eigenvalue weighted by molar-refractivity contribution is 0.0995. The molecule has 0 radical (unpaired) electrons. The molecule has 3 aromatic rings. The zero-order valence-electron chi connectivity index (χ0n) is 12.5. The molecule has 3 rings (SSSR count). The van der Waals surface area contributed by atoms with Crippen LogP contribution >= 0.6 is 0 Å². The number of carbonyl (C=O) groups excluding carboxylic acids is 1. The molecular formula is C16H15N5O2. The Hall–Kier alpha value is -3.22. The van der Waals surface area contributed by atoms with Gasteiger partial charge < -0.3 is 10.5 Å². The quantitative estimate of drug-likeness (QED) is 0.771. The maximum absolute atomic E-state index is 11.4. The van der Waals surface area contributed by atoms with Gasteiger partial charge in [-0.05, 0) is 12.1 Å². The van der Waals surface area contributed by atoms with Crippen LogP contribution in [0.25, 0.3) is 11.1 Å². The monoisotopic (exact) mass is 309 g/mol. The van der Waals surface area contributed by atoms with Crippen molar-refractivity contribution in [1.29, 1.82) is 0 Å². The number of carbonyl (C=O) groups is 1. The van der Waals surface area contributed by atoms with Crippen LogP contribution in [0.15, 0.2) is 49.2 Å². The van der Waals surface area contributed by atoms with Crippen LogP contribution in [0.4, 0.5) is 0 Å². The van der Waals surface area contributed by atoms with Crippen molar-refractivity contribution in [2.75, 3.05) is 0 Å². The minimum absolute atomic E-state index is 0.178. The molecule has 1 amide bonds. The van der Waals surface area contributed by atoms with Gasteiger partial charge in [0.25, 0.3) is 5.91 Å². The van der Waals surface area contributed by atoms with Crippen LogP contribution < -0.4 is 10.5 Å². The summed E-state index contributed by atoms with van der Waals surface area (Å²) in [6, 6.07) is 5.37. The standard InChI is InChI=1S/C16H15N5O2/c1-21-9-12(7-20-21)13-5-14(16(17)22)19-8-15(13)23-10-11-3-2-4-18-6-11/h2-9H,10H2,1H3,(H2,17,22). The number of hydrogen-bond acceptors (Lipinski definition) is 5. The van der Waals surface area contributed by atoms with Crippen molar-refractivity contribution in [2.24, 2.45) is 12.8 Å². The SMILES string of the molecule is Cn1cc(-c2cc(C(N)=O)ncc2OCc2cccnc2)cn1. The summed E-state index contributed by atoms with van der Waals surface area (Å²) < 4.78 is 7.50. The predicted molar refractivity (Wildman–Crippen MR) is 83.5 cm³/mol. The van der Waals surface area contributed by atoms with Gasteiger partial charge in [0.1, 0.15) is 18.1 Å². The molecule has 0 aromatic carbocycles. The van der Waals surface area contributed by atoms with Gasteiger partial charge in [0.15, 0.2) is 0 Å². The van der Waals surface area contributed by atoms with Crippen molar-refractivity contribution >= 4 is 5.91 Å². The molecule has 116 valence electrons. The number of rotatable bonds is 5. The highest BCUT2D eigenvalue weighted by Crippen LogP contribution is 2.30. The molecule has 0 aliphatic heterocycles. The van der Waals surface area contributed by atoms with Crippen LogP contribution in [0.3, 0.4) is 0 Å². The molecule has 7 heteroatoms. The van der Waals surface area contributed by atoms with Crippen molar-refractivity contribution in [3.63, 3.8) is 0 Å². The summed E-state index contributed by atoms with van der Waals surface area (Å²) in [6.45, 7) is 0.346. The molecule has 0 spiro atoms. The van der Waals surface area contributed by atoms with Gasteiger partial charge in [-0.25, -0.2) is 4.98 Å². The van der Waals surface area contributed by atoms with Crippen molar-refractivity contribution in [3.05, 3.63) is 60.4 Å². The van der Waals surface area contributed by atoms with Gasteiger partial charge in [-0.3, -0.25) is 14.5 Å². The first-order valence-electron chi connectivity index (χ1n) is 6.94. The van der Waals surface area contributed by atoms with Crippen LogP contribution in [0.2, 0.25) is 0 Å². The summed E-state index contributed by atoms with van der Waals surface area (Å²) in [4.78, 5) is 19.5. The van der Waals surface area contributed by atoms with Crippen LogP contribution in [0.5, 0.6) is 5.75 Å². The highest BCUT2D eigenvalue weighted by atomic mass is 16.5. The molecule has 0 aliphatic rings. The number of primary amides is 1. The average Bonchev–Trinajstić information content (AvgIpc) is 3.00.